The number of amides is 1. The Hall–Kier alpha value is -2.40. The van der Waals surface area contributed by atoms with Crippen LogP contribution in [0.25, 0.3) is 0 Å². The van der Waals surface area contributed by atoms with E-state index in [4.69, 9.17) is 5.84 Å². The van der Waals surface area contributed by atoms with Gasteiger partial charge < -0.3 is 10.3 Å². The Morgan fingerprint density at radius 1 is 1.20 bits per heavy atom. The van der Waals surface area contributed by atoms with Gasteiger partial charge in [-0.3, -0.25) is 10.6 Å². The molecule has 0 spiro atoms. The maximum absolute atomic E-state index is 13.6. The second-order valence-corrected chi connectivity index (χ2v) is 4.45. The summed E-state index contributed by atoms with van der Waals surface area (Å²) < 4.78 is 13.6. The summed E-state index contributed by atoms with van der Waals surface area (Å²) in [6.45, 7) is 0.445. The van der Waals surface area contributed by atoms with E-state index < -0.39 is 5.82 Å². The van der Waals surface area contributed by atoms with Crippen molar-refractivity contribution in [3.63, 3.8) is 0 Å². The average Bonchev–Trinajstić information content (AvgIpc) is 2.47. The number of benzene rings is 2. The number of rotatable bonds is 4. The fourth-order valence-electron chi connectivity index (χ4n) is 1.98. The van der Waals surface area contributed by atoms with Crippen LogP contribution in [0.5, 0.6) is 0 Å². The topological polar surface area (TPSA) is 58.4 Å². The van der Waals surface area contributed by atoms with Crippen LogP contribution in [0.4, 0.5) is 10.1 Å². The minimum absolute atomic E-state index is 0.0115. The van der Waals surface area contributed by atoms with Crippen molar-refractivity contribution in [3.8, 4) is 0 Å². The third-order valence-electron chi connectivity index (χ3n) is 3.00. The van der Waals surface area contributed by atoms with Crippen LogP contribution in [0.15, 0.2) is 48.5 Å². The van der Waals surface area contributed by atoms with Crippen molar-refractivity contribution in [2.24, 2.45) is 5.84 Å². The maximum atomic E-state index is 13.6. The molecule has 4 nitrogen and oxygen atoms in total. The monoisotopic (exact) mass is 273 g/mol. The van der Waals surface area contributed by atoms with Gasteiger partial charge in [-0.15, -0.1) is 0 Å². The number of nitrogens with one attached hydrogen (secondary N) is 1. The Bertz CT molecular complexity index is 601. The Kier molecular flexibility index (Phi) is 4.32. The summed E-state index contributed by atoms with van der Waals surface area (Å²) in [7, 11) is 1.67. The first-order valence-corrected chi connectivity index (χ1v) is 6.18. The molecule has 0 aliphatic rings. The van der Waals surface area contributed by atoms with Crippen LogP contribution < -0.4 is 11.3 Å². The van der Waals surface area contributed by atoms with E-state index in [1.807, 2.05) is 30.3 Å². The van der Waals surface area contributed by atoms with Gasteiger partial charge >= 0.3 is 0 Å². The predicted molar refractivity (Wildman–Crippen MR) is 76.4 cm³/mol. The van der Waals surface area contributed by atoms with Gasteiger partial charge in [-0.05, 0) is 17.7 Å². The van der Waals surface area contributed by atoms with Crippen LogP contribution in [-0.2, 0) is 6.54 Å². The Morgan fingerprint density at radius 3 is 2.55 bits per heavy atom. The number of hydrazine groups is 1. The smallest absolute Gasteiger partial charge is 0.256 e. The summed E-state index contributed by atoms with van der Waals surface area (Å²) in [5.74, 6) is 4.44. The second-order valence-electron chi connectivity index (χ2n) is 4.45. The van der Waals surface area contributed by atoms with Crippen LogP contribution in [-0.4, -0.2) is 17.9 Å². The van der Waals surface area contributed by atoms with Crippen LogP contribution in [0.3, 0.4) is 0 Å². The second kappa shape index (κ2) is 6.16. The average molecular weight is 273 g/mol. The summed E-state index contributed by atoms with van der Waals surface area (Å²) in [6.07, 6.45) is 0. The molecule has 0 aliphatic heterocycles. The first-order valence-electron chi connectivity index (χ1n) is 6.18. The number of nitrogens with two attached hydrogens (primary N) is 1. The summed E-state index contributed by atoms with van der Waals surface area (Å²) in [6, 6.07) is 13.9. The van der Waals surface area contributed by atoms with Crippen molar-refractivity contribution < 1.29 is 9.18 Å². The molecule has 20 heavy (non-hydrogen) atoms. The number of halogens is 1. The summed E-state index contributed by atoms with van der Waals surface area (Å²) >= 11 is 0. The number of nitrogen functional groups attached to an aromatic ring is 1. The van der Waals surface area contributed by atoms with Crippen molar-refractivity contribution in [2.45, 2.75) is 6.54 Å². The van der Waals surface area contributed by atoms with Gasteiger partial charge in [0.1, 0.15) is 5.82 Å². The molecule has 0 radical (unpaired) electrons. The van der Waals surface area contributed by atoms with Gasteiger partial charge in [-0.25, -0.2) is 4.39 Å². The highest BCUT2D eigenvalue weighted by Crippen LogP contribution is 2.20. The van der Waals surface area contributed by atoms with Crippen LogP contribution in [0.2, 0.25) is 0 Å². The number of anilines is 1. The molecule has 0 bridgehead atoms. The molecule has 5 heteroatoms. The van der Waals surface area contributed by atoms with Crippen molar-refractivity contribution in [2.75, 3.05) is 12.5 Å². The Balaban J connectivity index is 2.21. The van der Waals surface area contributed by atoms with E-state index in [0.717, 1.165) is 5.56 Å². The molecular weight excluding hydrogens is 257 g/mol. The molecule has 3 N–H and O–H groups in total. The number of hydrogen-bond donors (Lipinski definition) is 2. The number of para-hydroxylation sites is 1. The van der Waals surface area contributed by atoms with Gasteiger partial charge in [0.25, 0.3) is 5.91 Å². The molecule has 2 rings (SSSR count). The molecule has 2 aromatic carbocycles. The van der Waals surface area contributed by atoms with Crippen molar-refractivity contribution in [1.29, 1.82) is 0 Å². The molecule has 104 valence electrons. The molecule has 0 aliphatic carbocycles. The molecule has 0 unspecified atom stereocenters. The van der Waals surface area contributed by atoms with Gasteiger partial charge in [0.15, 0.2) is 0 Å². The third-order valence-corrected chi connectivity index (χ3v) is 3.00. The molecule has 1 amide bonds. The van der Waals surface area contributed by atoms with E-state index in [9.17, 15) is 9.18 Å². The number of hydrogen-bond acceptors (Lipinski definition) is 3. The number of carbonyl (C=O) groups excluding carboxylic acids is 1. The molecule has 0 saturated carbocycles. The minimum Gasteiger partial charge on any atom is -0.337 e. The van der Waals surface area contributed by atoms with Gasteiger partial charge in [0.2, 0.25) is 0 Å². The van der Waals surface area contributed by atoms with E-state index >= 15 is 0 Å². The fourth-order valence-corrected chi connectivity index (χ4v) is 1.98. The molecule has 0 aromatic heterocycles. The normalized spacial score (nSPS) is 10.2. The van der Waals surface area contributed by atoms with Gasteiger partial charge in [0, 0.05) is 13.6 Å². The predicted octanol–water partition coefficient (Wildman–Crippen LogP) is 2.38. The maximum Gasteiger partial charge on any atom is 0.256 e. The highest BCUT2D eigenvalue weighted by atomic mass is 19.1. The van der Waals surface area contributed by atoms with Gasteiger partial charge in [-0.1, -0.05) is 36.4 Å². The van der Waals surface area contributed by atoms with Crippen LogP contribution in [0.1, 0.15) is 15.9 Å². The summed E-state index contributed by atoms with van der Waals surface area (Å²) in [5, 5.41) is 0. The fraction of sp³-hybridized carbons (Fsp3) is 0.133. The molecule has 0 heterocycles. The lowest BCUT2D eigenvalue weighted by Gasteiger charge is -2.19. The Labute approximate surface area is 117 Å². The zero-order chi connectivity index (χ0) is 14.5. The van der Waals surface area contributed by atoms with E-state index in [1.165, 1.54) is 17.0 Å². The SMILES string of the molecule is CN(Cc1ccccc1)C(=O)c1cccc(F)c1NN. The van der Waals surface area contributed by atoms with Crippen LogP contribution >= 0.6 is 0 Å². The van der Waals surface area contributed by atoms with Crippen LogP contribution in [0, 0.1) is 5.82 Å². The minimum atomic E-state index is -0.550. The molecule has 2 aromatic rings. The van der Waals surface area contributed by atoms with E-state index in [1.54, 1.807) is 13.1 Å². The highest BCUT2D eigenvalue weighted by molar-refractivity contribution is 5.99. The standard InChI is InChI=1S/C15H16FN3O/c1-19(10-11-6-3-2-4-7-11)15(20)12-8-5-9-13(16)14(12)18-17/h2-9,18H,10,17H2,1H3. The third kappa shape index (κ3) is 2.95. The zero-order valence-corrected chi connectivity index (χ0v) is 11.1. The lowest BCUT2D eigenvalue weighted by molar-refractivity contribution is 0.0785. The first-order chi connectivity index (χ1) is 9.63. The zero-order valence-electron chi connectivity index (χ0n) is 11.1. The Morgan fingerprint density at radius 2 is 1.90 bits per heavy atom. The number of nitrogens with zero attached hydrogens (tertiary/aromatic N) is 1. The highest BCUT2D eigenvalue weighted by Gasteiger charge is 2.18. The van der Waals surface area contributed by atoms with Crippen molar-refractivity contribution in [1.82, 2.24) is 4.90 Å². The lowest BCUT2D eigenvalue weighted by Crippen LogP contribution is -2.28. The molecule has 0 saturated heterocycles. The molecule has 0 fully saturated rings. The summed E-state index contributed by atoms with van der Waals surface area (Å²) in [5.41, 5.74) is 3.47. The largest absolute Gasteiger partial charge is 0.337 e. The first kappa shape index (κ1) is 14.0. The molecule has 0 atom stereocenters. The van der Waals surface area contributed by atoms with Crippen molar-refractivity contribution in [3.05, 3.63) is 65.5 Å². The van der Waals surface area contributed by atoms with Gasteiger partial charge in [-0.2, -0.15) is 0 Å². The van der Waals surface area contributed by atoms with E-state index in [2.05, 4.69) is 5.43 Å². The molecular formula is C15H16FN3O. The van der Waals surface area contributed by atoms with Crippen molar-refractivity contribution >= 4 is 11.6 Å². The van der Waals surface area contributed by atoms with E-state index in [-0.39, 0.29) is 17.2 Å². The van der Waals surface area contributed by atoms with E-state index in [0.29, 0.717) is 6.54 Å². The lowest BCUT2D eigenvalue weighted by atomic mass is 10.1. The number of carbonyl (C=O) groups is 1. The quantitative estimate of drug-likeness (QED) is 0.664. The van der Waals surface area contributed by atoms with Gasteiger partial charge in [0.05, 0.1) is 11.3 Å². The summed E-state index contributed by atoms with van der Waals surface area (Å²) in [4.78, 5) is 13.9.